The minimum absolute atomic E-state index is 0.0479. The molecule has 0 N–H and O–H groups in total. The highest BCUT2D eigenvalue weighted by Gasteiger charge is 2.40. The zero-order valence-corrected chi connectivity index (χ0v) is 17.8. The van der Waals surface area contributed by atoms with Crippen molar-refractivity contribution in [1.82, 2.24) is 14.9 Å². The molecule has 0 spiro atoms. The van der Waals surface area contributed by atoms with Crippen molar-refractivity contribution in [3.8, 4) is 0 Å². The Kier molecular flexibility index (Phi) is 4.71. The number of carbonyl (C=O) groups is 1. The molecule has 146 valence electrons. The minimum Gasteiger partial charge on any atom is -0.369 e. The summed E-state index contributed by atoms with van der Waals surface area (Å²) in [5.41, 5.74) is 2.63. The van der Waals surface area contributed by atoms with Crippen LogP contribution in [0.15, 0.2) is 30.3 Å². The molecular weight excluding hydrogens is 370 g/mol. The first-order valence-electron chi connectivity index (χ1n) is 9.51. The third kappa shape index (κ3) is 3.20. The van der Waals surface area contributed by atoms with Crippen LogP contribution in [-0.2, 0) is 4.74 Å². The van der Waals surface area contributed by atoms with E-state index in [0.29, 0.717) is 13.2 Å². The number of morpholine rings is 1. The van der Waals surface area contributed by atoms with E-state index in [4.69, 9.17) is 4.74 Å². The molecule has 0 saturated carbocycles. The first-order chi connectivity index (χ1) is 13.3. The number of thiophene rings is 1. The summed E-state index contributed by atoms with van der Waals surface area (Å²) in [6.07, 6.45) is -0.114. The van der Waals surface area contributed by atoms with Crippen molar-refractivity contribution >= 4 is 27.5 Å². The topological polar surface area (TPSA) is 55.3 Å². The van der Waals surface area contributed by atoms with Crippen molar-refractivity contribution in [2.75, 3.05) is 13.2 Å². The molecule has 28 heavy (non-hydrogen) atoms. The molecule has 1 aromatic carbocycles. The van der Waals surface area contributed by atoms with Crippen LogP contribution in [0.3, 0.4) is 0 Å². The summed E-state index contributed by atoms with van der Waals surface area (Å²) in [7, 11) is 0. The first kappa shape index (κ1) is 19.0. The number of ether oxygens (including phenoxy) is 1. The molecule has 1 amide bonds. The average Bonchev–Trinajstić information content (AvgIpc) is 2.98. The zero-order valence-electron chi connectivity index (χ0n) is 16.9. The van der Waals surface area contributed by atoms with Crippen LogP contribution >= 0.6 is 11.3 Å². The lowest BCUT2D eigenvalue weighted by Gasteiger charge is -2.45. The van der Waals surface area contributed by atoms with Crippen molar-refractivity contribution in [2.45, 2.75) is 46.3 Å². The van der Waals surface area contributed by atoms with Crippen molar-refractivity contribution in [1.29, 1.82) is 0 Å². The predicted octanol–water partition coefficient (Wildman–Crippen LogP) is 4.61. The second kappa shape index (κ2) is 6.94. The van der Waals surface area contributed by atoms with Crippen LogP contribution in [0.2, 0.25) is 0 Å². The number of hydrogen-bond donors (Lipinski definition) is 0. The van der Waals surface area contributed by atoms with Gasteiger partial charge in [-0.3, -0.25) is 4.79 Å². The first-order valence-corrected chi connectivity index (χ1v) is 10.3. The van der Waals surface area contributed by atoms with Crippen LogP contribution in [0.25, 0.3) is 10.2 Å². The fourth-order valence-electron chi connectivity index (χ4n) is 3.88. The number of aryl methyl sites for hydroxylation is 3. The number of fused-ring (bicyclic) bond motifs is 1. The second-order valence-corrected chi connectivity index (χ2v) is 9.03. The number of carbonyl (C=O) groups excluding carboxylic acids is 1. The van der Waals surface area contributed by atoms with Gasteiger partial charge in [0.1, 0.15) is 16.8 Å². The Morgan fingerprint density at radius 1 is 1.18 bits per heavy atom. The van der Waals surface area contributed by atoms with E-state index in [1.165, 1.54) is 11.3 Å². The molecule has 1 aliphatic rings. The molecule has 0 unspecified atom stereocenters. The van der Waals surface area contributed by atoms with Gasteiger partial charge in [-0.2, -0.15) is 0 Å². The third-order valence-corrected chi connectivity index (χ3v) is 6.58. The lowest BCUT2D eigenvalue weighted by molar-refractivity contribution is -0.0845. The van der Waals surface area contributed by atoms with Crippen molar-refractivity contribution < 1.29 is 9.53 Å². The highest BCUT2D eigenvalue weighted by atomic mass is 32.1. The Balaban J connectivity index is 1.72. The summed E-state index contributed by atoms with van der Waals surface area (Å²) in [6, 6.07) is 10.1. The van der Waals surface area contributed by atoms with Gasteiger partial charge < -0.3 is 9.64 Å². The molecule has 1 aliphatic heterocycles. The van der Waals surface area contributed by atoms with Crippen molar-refractivity contribution in [2.24, 2.45) is 0 Å². The van der Waals surface area contributed by atoms with Crippen LogP contribution in [0, 0.1) is 20.8 Å². The standard InChI is InChI=1S/C22H25N3O2S/c1-13-18-14(2)23-15(3)24-20(18)28-19(13)21(26)25-11-17(27-12-22(25,4)5)16-9-7-6-8-10-16/h6-10,17H,11-12H2,1-5H3/t17-/m1/s1. The van der Waals surface area contributed by atoms with E-state index >= 15 is 0 Å². The fourth-order valence-corrected chi connectivity index (χ4v) is 5.10. The third-order valence-electron chi connectivity index (χ3n) is 5.41. The molecule has 1 saturated heterocycles. The molecule has 1 atom stereocenters. The van der Waals surface area contributed by atoms with Gasteiger partial charge in [0, 0.05) is 11.1 Å². The fraction of sp³-hybridized carbons (Fsp3) is 0.409. The van der Waals surface area contributed by atoms with Gasteiger partial charge >= 0.3 is 0 Å². The van der Waals surface area contributed by atoms with Gasteiger partial charge in [-0.05, 0) is 45.7 Å². The molecule has 3 heterocycles. The van der Waals surface area contributed by atoms with Crippen LogP contribution in [0.1, 0.15) is 52.3 Å². The number of hydrogen-bond acceptors (Lipinski definition) is 5. The van der Waals surface area contributed by atoms with Crippen molar-refractivity contribution in [3.05, 3.63) is 57.9 Å². The molecule has 3 aromatic rings. The maximum atomic E-state index is 13.6. The number of aromatic nitrogens is 2. The molecule has 4 rings (SSSR count). The van der Waals surface area contributed by atoms with Crippen LogP contribution in [-0.4, -0.2) is 39.5 Å². The highest BCUT2D eigenvalue weighted by molar-refractivity contribution is 7.20. The number of amides is 1. The summed E-state index contributed by atoms with van der Waals surface area (Å²) < 4.78 is 6.11. The Morgan fingerprint density at radius 2 is 1.89 bits per heavy atom. The zero-order chi connectivity index (χ0) is 20.1. The van der Waals surface area contributed by atoms with Gasteiger partial charge in [-0.25, -0.2) is 9.97 Å². The van der Waals surface area contributed by atoms with E-state index in [-0.39, 0.29) is 17.6 Å². The number of nitrogens with zero attached hydrogens (tertiary/aromatic N) is 3. The Labute approximate surface area is 169 Å². The SMILES string of the molecule is Cc1nc(C)c2c(C)c(C(=O)N3C[C@H](c4ccccc4)OCC3(C)C)sc2n1. The molecular formula is C22H25N3O2S. The molecule has 0 bridgehead atoms. The largest absolute Gasteiger partial charge is 0.369 e. The molecule has 1 fully saturated rings. The van der Waals surface area contributed by atoms with Crippen molar-refractivity contribution in [3.63, 3.8) is 0 Å². The summed E-state index contributed by atoms with van der Waals surface area (Å²) in [5.74, 6) is 0.785. The summed E-state index contributed by atoms with van der Waals surface area (Å²) >= 11 is 1.47. The van der Waals surface area contributed by atoms with Crippen LogP contribution in [0.4, 0.5) is 0 Å². The summed E-state index contributed by atoms with van der Waals surface area (Å²) in [4.78, 5) is 26.2. The van der Waals surface area contributed by atoms with Gasteiger partial charge in [0.05, 0.1) is 23.6 Å². The summed E-state index contributed by atoms with van der Waals surface area (Å²) in [5, 5.41) is 1.00. The average molecular weight is 396 g/mol. The molecule has 2 aromatic heterocycles. The van der Waals surface area contributed by atoms with E-state index in [9.17, 15) is 4.79 Å². The maximum Gasteiger partial charge on any atom is 0.264 e. The van der Waals surface area contributed by atoms with Gasteiger partial charge in [0.15, 0.2) is 0 Å². The predicted molar refractivity (Wildman–Crippen MR) is 112 cm³/mol. The molecule has 0 radical (unpaired) electrons. The van der Waals surface area contributed by atoms with Gasteiger partial charge in [-0.15, -0.1) is 11.3 Å². The lowest BCUT2D eigenvalue weighted by atomic mass is 9.97. The smallest absolute Gasteiger partial charge is 0.264 e. The number of rotatable bonds is 2. The summed E-state index contributed by atoms with van der Waals surface area (Å²) in [6.45, 7) is 11.0. The van der Waals surface area contributed by atoms with Gasteiger partial charge in [0.2, 0.25) is 0 Å². The molecule has 6 heteroatoms. The van der Waals surface area contributed by atoms with E-state index in [1.54, 1.807) is 0 Å². The monoisotopic (exact) mass is 395 g/mol. The normalized spacial score (nSPS) is 19.2. The van der Waals surface area contributed by atoms with Gasteiger partial charge in [-0.1, -0.05) is 30.3 Å². The van der Waals surface area contributed by atoms with E-state index in [2.05, 4.69) is 35.9 Å². The molecule has 5 nitrogen and oxygen atoms in total. The van der Waals surface area contributed by atoms with E-state index in [1.807, 2.05) is 43.9 Å². The Bertz CT molecular complexity index is 1040. The Hall–Kier alpha value is -2.31. The minimum atomic E-state index is -0.373. The second-order valence-electron chi connectivity index (χ2n) is 8.03. The number of benzene rings is 1. The highest BCUT2D eigenvalue weighted by Crippen LogP contribution is 2.36. The molecule has 0 aliphatic carbocycles. The van der Waals surface area contributed by atoms with Crippen LogP contribution < -0.4 is 0 Å². The van der Waals surface area contributed by atoms with Gasteiger partial charge in [0.25, 0.3) is 5.91 Å². The lowest BCUT2D eigenvalue weighted by Crippen LogP contribution is -2.56. The Morgan fingerprint density at radius 3 is 2.61 bits per heavy atom. The quantitative estimate of drug-likeness (QED) is 0.636. The van der Waals surface area contributed by atoms with E-state index in [0.717, 1.165) is 37.7 Å². The van der Waals surface area contributed by atoms with Crippen LogP contribution in [0.5, 0.6) is 0 Å². The maximum absolute atomic E-state index is 13.6. The van der Waals surface area contributed by atoms with E-state index < -0.39 is 0 Å².